The Bertz CT molecular complexity index is 761. The van der Waals surface area contributed by atoms with E-state index < -0.39 is 18.0 Å². The number of anilines is 1. The minimum absolute atomic E-state index is 0.285. The maximum absolute atomic E-state index is 11.8. The smallest absolute Gasteiger partial charge is 0.340 e. The SMILES string of the molecule is COC(=O)C(Nc1ccccc1OCCOc1cccc(C)c1)C(=O)OC. The van der Waals surface area contributed by atoms with Gasteiger partial charge in [0.15, 0.2) is 0 Å². The number of rotatable bonds is 9. The van der Waals surface area contributed by atoms with E-state index >= 15 is 0 Å². The second kappa shape index (κ2) is 10.1. The van der Waals surface area contributed by atoms with Crippen molar-refractivity contribution < 1.29 is 28.5 Å². The van der Waals surface area contributed by atoms with Gasteiger partial charge in [0, 0.05) is 0 Å². The summed E-state index contributed by atoms with van der Waals surface area (Å²) >= 11 is 0. The number of benzene rings is 2. The molecule has 1 N–H and O–H groups in total. The molecule has 0 fully saturated rings. The summed E-state index contributed by atoms with van der Waals surface area (Å²) in [5.74, 6) is -0.261. The average Bonchev–Trinajstić information content (AvgIpc) is 2.69. The van der Waals surface area contributed by atoms with E-state index in [1.165, 1.54) is 14.2 Å². The van der Waals surface area contributed by atoms with Gasteiger partial charge in [0.05, 0.1) is 19.9 Å². The molecule has 0 aromatic heterocycles. The van der Waals surface area contributed by atoms with Crippen molar-refractivity contribution in [1.82, 2.24) is 0 Å². The van der Waals surface area contributed by atoms with Crippen molar-refractivity contribution in [3.8, 4) is 11.5 Å². The first kappa shape index (κ1) is 20.1. The number of aryl methyl sites for hydroxylation is 1. The maximum Gasteiger partial charge on any atom is 0.340 e. The first-order chi connectivity index (χ1) is 13.0. The summed E-state index contributed by atoms with van der Waals surface area (Å²) < 4.78 is 20.7. The van der Waals surface area contributed by atoms with Gasteiger partial charge in [0.2, 0.25) is 6.04 Å². The van der Waals surface area contributed by atoms with Crippen LogP contribution < -0.4 is 14.8 Å². The Balaban J connectivity index is 1.98. The molecule has 0 saturated carbocycles. The number of hydrogen-bond acceptors (Lipinski definition) is 7. The number of methoxy groups -OCH3 is 2. The second-order valence-corrected chi connectivity index (χ2v) is 5.63. The fourth-order valence-electron chi connectivity index (χ4n) is 2.33. The van der Waals surface area contributed by atoms with Crippen LogP contribution in [0.25, 0.3) is 0 Å². The summed E-state index contributed by atoms with van der Waals surface area (Å²) in [6.07, 6.45) is 0. The Kier molecular flexibility index (Phi) is 7.49. The van der Waals surface area contributed by atoms with E-state index in [9.17, 15) is 9.59 Å². The topological polar surface area (TPSA) is 83.1 Å². The molecule has 2 rings (SSSR count). The molecule has 7 nitrogen and oxygen atoms in total. The summed E-state index contributed by atoms with van der Waals surface area (Å²) in [7, 11) is 2.40. The van der Waals surface area contributed by atoms with Crippen LogP contribution in [0.5, 0.6) is 11.5 Å². The molecule has 0 aliphatic heterocycles. The summed E-state index contributed by atoms with van der Waals surface area (Å²) in [6.45, 7) is 2.62. The third-order valence-electron chi connectivity index (χ3n) is 3.66. The lowest BCUT2D eigenvalue weighted by Crippen LogP contribution is -2.39. The monoisotopic (exact) mass is 373 g/mol. The zero-order valence-corrected chi connectivity index (χ0v) is 15.6. The molecule has 0 amide bonds. The summed E-state index contributed by atoms with van der Waals surface area (Å²) in [5, 5.41) is 2.80. The number of carbonyl (C=O) groups excluding carboxylic acids is 2. The fraction of sp³-hybridized carbons (Fsp3) is 0.300. The number of esters is 2. The van der Waals surface area contributed by atoms with Crippen molar-refractivity contribution in [1.29, 1.82) is 0 Å². The Hall–Kier alpha value is -3.22. The van der Waals surface area contributed by atoms with Gasteiger partial charge < -0.3 is 24.3 Å². The van der Waals surface area contributed by atoms with Crippen molar-refractivity contribution >= 4 is 17.6 Å². The van der Waals surface area contributed by atoms with Crippen molar-refractivity contribution in [3.05, 3.63) is 54.1 Å². The van der Waals surface area contributed by atoms with Crippen molar-refractivity contribution in [2.45, 2.75) is 13.0 Å². The van der Waals surface area contributed by atoms with E-state index in [0.29, 0.717) is 18.0 Å². The van der Waals surface area contributed by atoms with Crippen LogP contribution in [0, 0.1) is 6.92 Å². The van der Waals surface area contributed by atoms with E-state index in [0.717, 1.165) is 11.3 Å². The van der Waals surface area contributed by atoms with Gasteiger partial charge in [-0.1, -0.05) is 24.3 Å². The van der Waals surface area contributed by atoms with Gasteiger partial charge >= 0.3 is 11.9 Å². The predicted octanol–water partition coefficient (Wildman–Crippen LogP) is 2.58. The van der Waals surface area contributed by atoms with Crippen LogP contribution in [-0.2, 0) is 19.1 Å². The molecular formula is C20H23NO6. The van der Waals surface area contributed by atoms with E-state index in [2.05, 4.69) is 14.8 Å². The predicted molar refractivity (Wildman–Crippen MR) is 100 cm³/mol. The van der Waals surface area contributed by atoms with Gasteiger partial charge in [0.25, 0.3) is 0 Å². The molecule has 2 aromatic carbocycles. The lowest BCUT2D eigenvalue weighted by atomic mass is 10.2. The fourth-order valence-corrected chi connectivity index (χ4v) is 2.33. The minimum Gasteiger partial charge on any atom is -0.490 e. The molecule has 144 valence electrons. The van der Waals surface area contributed by atoms with Crippen LogP contribution in [0.3, 0.4) is 0 Å². The van der Waals surface area contributed by atoms with Gasteiger partial charge in [-0.3, -0.25) is 0 Å². The number of para-hydroxylation sites is 2. The Morgan fingerprint density at radius 2 is 1.59 bits per heavy atom. The lowest BCUT2D eigenvalue weighted by molar-refractivity contribution is -0.152. The molecule has 0 saturated heterocycles. The van der Waals surface area contributed by atoms with Crippen LogP contribution in [0.1, 0.15) is 5.56 Å². The van der Waals surface area contributed by atoms with Crippen molar-refractivity contribution in [2.75, 3.05) is 32.8 Å². The number of ether oxygens (including phenoxy) is 4. The molecule has 0 atom stereocenters. The third kappa shape index (κ3) is 5.91. The summed E-state index contributed by atoms with van der Waals surface area (Å²) in [4.78, 5) is 23.7. The van der Waals surface area contributed by atoms with Crippen molar-refractivity contribution in [3.63, 3.8) is 0 Å². The van der Waals surface area contributed by atoms with Gasteiger partial charge in [-0.05, 0) is 36.8 Å². The first-order valence-corrected chi connectivity index (χ1v) is 8.38. The zero-order valence-electron chi connectivity index (χ0n) is 15.6. The van der Waals surface area contributed by atoms with Crippen LogP contribution in [-0.4, -0.2) is 45.4 Å². The molecule has 0 spiro atoms. The standard InChI is InChI=1S/C20H23NO6/c1-14-7-6-8-15(13-14)26-11-12-27-17-10-5-4-9-16(17)21-18(19(22)24-2)20(23)25-3/h4-10,13,18,21H,11-12H2,1-3H3. The van der Waals surface area contributed by atoms with Gasteiger partial charge in [-0.15, -0.1) is 0 Å². The summed E-state index contributed by atoms with van der Waals surface area (Å²) in [6, 6.07) is 13.4. The van der Waals surface area contributed by atoms with Gasteiger partial charge in [-0.25, -0.2) is 9.59 Å². The number of carbonyl (C=O) groups is 2. The molecule has 27 heavy (non-hydrogen) atoms. The van der Waals surface area contributed by atoms with Gasteiger partial charge in [0.1, 0.15) is 24.7 Å². The van der Waals surface area contributed by atoms with Gasteiger partial charge in [-0.2, -0.15) is 0 Å². The quantitative estimate of drug-likeness (QED) is 0.411. The highest BCUT2D eigenvalue weighted by molar-refractivity contribution is 6.02. The number of nitrogens with one attached hydrogen (secondary N) is 1. The van der Waals surface area contributed by atoms with Crippen LogP contribution >= 0.6 is 0 Å². The molecule has 2 aromatic rings. The number of hydrogen-bond donors (Lipinski definition) is 1. The molecular weight excluding hydrogens is 350 g/mol. The van der Waals surface area contributed by atoms with E-state index in [4.69, 9.17) is 9.47 Å². The highest BCUT2D eigenvalue weighted by Crippen LogP contribution is 2.25. The zero-order chi connectivity index (χ0) is 19.6. The third-order valence-corrected chi connectivity index (χ3v) is 3.66. The molecule has 0 radical (unpaired) electrons. The van der Waals surface area contributed by atoms with Crippen LogP contribution in [0.15, 0.2) is 48.5 Å². The highest BCUT2D eigenvalue weighted by Gasteiger charge is 2.29. The Morgan fingerprint density at radius 1 is 0.926 bits per heavy atom. The molecule has 0 aliphatic carbocycles. The molecule has 0 aliphatic rings. The maximum atomic E-state index is 11.8. The van der Waals surface area contributed by atoms with Crippen molar-refractivity contribution in [2.24, 2.45) is 0 Å². The van der Waals surface area contributed by atoms with E-state index in [1.54, 1.807) is 24.3 Å². The average molecular weight is 373 g/mol. The normalized spacial score (nSPS) is 10.2. The highest BCUT2D eigenvalue weighted by atomic mass is 16.5. The minimum atomic E-state index is -1.28. The summed E-state index contributed by atoms with van der Waals surface area (Å²) in [5.41, 5.74) is 1.58. The second-order valence-electron chi connectivity index (χ2n) is 5.63. The molecule has 7 heteroatoms. The molecule has 0 heterocycles. The Labute approximate surface area is 158 Å². The van der Waals surface area contributed by atoms with Crippen LogP contribution in [0.4, 0.5) is 5.69 Å². The lowest BCUT2D eigenvalue weighted by Gasteiger charge is -2.18. The largest absolute Gasteiger partial charge is 0.490 e. The molecule has 0 bridgehead atoms. The van der Waals surface area contributed by atoms with E-state index in [1.807, 2.05) is 31.2 Å². The van der Waals surface area contributed by atoms with Crippen LogP contribution in [0.2, 0.25) is 0 Å². The van der Waals surface area contributed by atoms with E-state index in [-0.39, 0.29) is 6.61 Å². The Morgan fingerprint density at radius 3 is 2.26 bits per heavy atom. The first-order valence-electron chi connectivity index (χ1n) is 8.38. The molecule has 0 unspecified atom stereocenters.